The van der Waals surface area contributed by atoms with E-state index in [1.807, 2.05) is 6.07 Å². The van der Waals surface area contributed by atoms with Crippen molar-refractivity contribution in [1.82, 2.24) is 10.2 Å². The predicted octanol–water partition coefficient (Wildman–Crippen LogP) is 1.59. The molecule has 2 saturated heterocycles. The summed E-state index contributed by atoms with van der Waals surface area (Å²) < 4.78 is 10.6. The molecule has 4 amide bonds. The van der Waals surface area contributed by atoms with E-state index in [4.69, 9.17) is 26.8 Å². The van der Waals surface area contributed by atoms with Crippen molar-refractivity contribution in [2.24, 2.45) is 17.6 Å². The van der Waals surface area contributed by atoms with Crippen LogP contribution in [0.25, 0.3) is 0 Å². The van der Waals surface area contributed by atoms with E-state index in [1.54, 1.807) is 37.4 Å². The highest BCUT2D eigenvalue weighted by atomic mass is 35.5. The number of hydrogen-bond acceptors (Lipinski definition) is 7. The number of carbonyl (C=O) groups excluding carboxylic acids is 4. The molecule has 0 saturated carbocycles. The SMILES string of the molecule is COc1ccc(CCN2C(=O)[C@H]3[C@H](CCC(N)=O)N[C@]4(C(=O)Nc5ccc(Cl)cc54)[C@@H]3C2=O)cc1OC. The topological polar surface area (TPSA) is 140 Å². The maximum Gasteiger partial charge on any atom is 0.250 e. The summed E-state index contributed by atoms with van der Waals surface area (Å²) in [5.41, 5.74) is 5.80. The molecule has 0 aromatic heterocycles. The van der Waals surface area contributed by atoms with Crippen molar-refractivity contribution in [3.63, 3.8) is 0 Å². The predicted molar refractivity (Wildman–Crippen MR) is 134 cm³/mol. The Morgan fingerprint density at radius 2 is 1.84 bits per heavy atom. The molecule has 2 fully saturated rings. The first-order valence-electron chi connectivity index (χ1n) is 11.9. The van der Waals surface area contributed by atoms with Crippen LogP contribution in [0.5, 0.6) is 11.5 Å². The van der Waals surface area contributed by atoms with Gasteiger partial charge in [0.25, 0.3) is 0 Å². The zero-order valence-corrected chi connectivity index (χ0v) is 21.1. The molecule has 2 aromatic carbocycles. The summed E-state index contributed by atoms with van der Waals surface area (Å²) in [6.45, 7) is 0.128. The Labute approximate surface area is 218 Å². The molecule has 5 rings (SSSR count). The van der Waals surface area contributed by atoms with Gasteiger partial charge in [-0.25, -0.2) is 0 Å². The molecule has 0 unspecified atom stereocenters. The average Bonchev–Trinajstić information content (AvgIpc) is 3.45. The number of carbonyl (C=O) groups is 4. The molecule has 1 spiro atoms. The number of fused-ring (bicyclic) bond motifs is 4. The zero-order valence-electron chi connectivity index (χ0n) is 20.4. The maximum atomic E-state index is 13.8. The van der Waals surface area contributed by atoms with Gasteiger partial charge in [0.2, 0.25) is 23.6 Å². The quantitative estimate of drug-likeness (QED) is 0.444. The number of ether oxygens (including phenoxy) is 2. The molecule has 11 heteroatoms. The van der Waals surface area contributed by atoms with Crippen LogP contribution in [-0.4, -0.2) is 55.3 Å². The highest BCUT2D eigenvalue weighted by molar-refractivity contribution is 6.31. The highest BCUT2D eigenvalue weighted by Crippen LogP contribution is 2.53. The lowest BCUT2D eigenvalue weighted by Gasteiger charge is -2.29. The van der Waals surface area contributed by atoms with E-state index in [2.05, 4.69) is 10.6 Å². The van der Waals surface area contributed by atoms with E-state index in [0.717, 1.165) is 5.56 Å². The third-order valence-electron chi connectivity index (χ3n) is 7.54. The van der Waals surface area contributed by atoms with Gasteiger partial charge in [-0.15, -0.1) is 0 Å². The maximum absolute atomic E-state index is 13.8. The molecular weight excluding hydrogens is 500 g/mol. The number of benzene rings is 2. The van der Waals surface area contributed by atoms with Gasteiger partial charge in [0.05, 0.1) is 26.1 Å². The smallest absolute Gasteiger partial charge is 0.250 e. The largest absolute Gasteiger partial charge is 0.493 e. The van der Waals surface area contributed by atoms with Crippen LogP contribution in [0.3, 0.4) is 0 Å². The number of halogens is 1. The van der Waals surface area contributed by atoms with Crippen LogP contribution in [0, 0.1) is 11.8 Å². The number of likely N-dealkylation sites (tertiary alicyclic amines) is 1. The molecule has 4 atom stereocenters. The summed E-state index contributed by atoms with van der Waals surface area (Å²) in [6.07, 6.45) is 0.607. The van der Waals surface area contributed by atoms with Gasteiger partial charge in [-0.2, -0.15) is 0 Å². The summed E-state index contributed by atoms with van der Waals surface area (Å²) in [6, 6.07) is 9.76. The van der Waals surface area contributed by atoms with Gasteiger partial charge in [0.15, 0.2) is 11.5 Å². The number of amides is 4. The first-order valence-corrected chi connectivity index (χ1v) is 12.3. The summed E-state index contributed by atoms with van der Waals surface area (Å²) >= 11 is 6.26. The van der Waals surface area contributed by atoms with Gasteiger partial charge < -0.3 is 20.5 Å². The third-order valence-corrected chi connectivity index (χ3v) is 7.78. The van der Waals surface area contributed by atoms with Crippen molar-refractivity contribution in [1.29, 1.82) is 0 Å². The van der Waals surface area contributed by atoms with Crippen LogP contribution in [0.4, 0.5) is 5.69 Å². The summed E-state index contributed by atoms with van der Waals surface area (Å²) in [5, 5.41) is 6.49. The van der Waals surface area contributed by atoms with Gasteiger partial charge >= 0.3 is 0 Å². The molecule has 10 nitrogen and oxygen atoms in total. The fraction of sp³-hybridized carbons (Fsp3) is 0.385. The van der Waals surface area contributed by atoms with Gasteiger partial charge in [-0.05, 0) is 48.7 Å². The number of nitrogens with one attached hydrogen (secondary N) is 2. The highest BCUT2D eigenvalue weighted by Gasteiger charge is 2.70. The molecule has 3 heterocycles. The lowest BCUT2D eigenvalue weighted by molar-refractivity contribution is -0.142. The van der Waals surface area contributed by atoms with Crippen molar-refractivity contribution in [3.05, 3.63) is 52.5 Å². The first-order chi connectivity index (χ1) is 17.7. The number of methoxy groups -OCH3 is 2. The van der Waals surface area contributed by atoms with Crippen molar-refractivity contribution in [3.8, 4) is 11.5 Å². The average molecular weight is 527 g/mol. The zero-order chi connectivity index (χ0) is 26.5. The Morgan fingerprint density at radius 1 is 1.08 bits per heavy atom. The third kappa shape index (κ3) is 3.91. The van der Waals surface area contributed by atoms with E-state index < -0.39 is 41.1 Å². The second-order valence-electron chi connectivity index (χ2n) is 9.48. The molecule has 2 aromatic rings. The minimum atomic E-state index is -1.47. The molecule has 3 aliphatic heterocycles. The summed E-state index contributed by atoms with van der Waals surface area (Å²) in [4.78, 5) is 53.7. The number of anilines is 1. The van der Waals surface area contributed by atoms with Gasteiger partial charge in [-0.3, -0.25) is 29.4 Å². The fourth-order valence-corrected chi connectivity index (χ4v) is 6.05. The Hall–Kier alpha value is -3.63. The summed E-state index contributed by atoms with van der Waals surface area (Å²) in [5.74, 6) is -2.46. The number of imide groups is 1. The van der Waals surface area contributed by atoms with Crippen molar-refractivity contribution in [2.75, 3.05) is 26.1 Å². The van der Waals surface area contributed by atoms with Crippen molar-refractivity contribution < 1.29 is 28.7 Å². The van der Waals surface area contributed by atoms with Crippen molar-refractivity contribution in [2.45, 2.75) is 30.8 Å². The molecule has 4 N–H and O–H groups in total. The van der Waals surface area contributed by atoms with Crippen molar-refractivity contribution >= 4 is 40.9 Å². The fourth-order valence-electron chi connectivity index (χ4n) is 5.88. The van der Waals surface area contributed by atoms with Crippen LogP contribution in [0.2, 0.25) is 5.02 Å². The monoisotopic (exact) mass is 526 g/mol. The Bertz CT molecular complexity index is 1320. The molecule has 194 valence electrons. The molecule has 0 radical (unpaired) electrons. The van der Waals surface area contributed by atoms with Gasteiger partial charge in [0.1, 0.15) is 5.54 Å². The van der Waals surface area contributed by atoms with Crippen LogP contribution >= 0.6 is 11.6 Å². The van der Waals surface area contributed by atoms with E-state index in [-0.39, 0.29) is 25.3 Å². The van der Waals surface area contributed by atoms with E-state index >= 15 is 0 Å². The first kappa shape index (κ1) is 25.0. The minimum Gasteiger partial charge on any atom is -0.493 e. The van der Waals surface area contributed by atoms with Crippen LogP contribution in [0.1, 0.15) is 24.0 Å². The van der Waals surface area contributed by atoms with Crippen LogP contribution in [-0.2, 0) is 31.1 Å². The van der Waals surface area contributed by atoms with Crippen LogP contribution in [0.15, 0.2) is 36.4 Å². The van der Waals surface area contributed by atoms with Crippen LogP contribution < -0.4 is 25.8 Å². The second kappa shape index (κ2) is 9.35. The summed E-state index contributed by atoms with van der Waals surface area (Å²) in [7, 11) is 3.08. The molecule has 0 bridgehead atoms. The van der Waals surface area contributed by atoms with E-state index in [0.29, 0.717) is 34.2 Å². The molecule has 0 aliphatic carbocycles. The Morgan fingerprint density at radius 3 is 2.54 bits per heavy atom. The Kier molecular flexibility index (Phi) is 6.33. The number of rotatable bonds is 8. The van der Waals surface area contributed by atoms with E-state index in [9.17, 15) is 19.2 Å². The standard InChI is InChI=1S/C26H27ClN4O6/c1-36-18-7-3-13(11-19(18)37-2)9-10-31-23(33)21-17(6-8-20(28)32)30-26(22(21)24(31)34)15-12-14(27)4-5-16(15)29-25(26)35/h3-5,7,11-12,17,21-22,30H,6,8-10H2,1-2H3,(H2,28,32)(H,29,35)/t17-,21-,22-,26-/m0/s1. The molecular formula is C26H27ClN4O6. The molecule has 37 heavy (non-hydrogen) atoms. The normalized spacial score (nSPS) is 25.9. The number of nitrogens with two attached hydrogens (primary N) is 1. The lowest BCUT2D eigenvalue weighted by atomic mass is 9.76. The lowest BCUT2D eigenvalue weighted by Crippen LogP contribution is -2.53. The Balaban J connectivity index is 1.48. The number of nitrogens with zero attached hydrogens (tertiary/aromatic N) is 1. The second-order valence-corrected chi connectivity index (χ2v) is 9.92. The van der Waals surface area contributed by atoms with Gasteiger partial charge in [-0.1, -0.05) is 17.7 Å². The number of primary amides is 1. The minimum absolute atomic E-state index is 0.00804. The number of hydrogen-bond donors (Lipinski definition) is 3. The molecule has 3 aliphatic rings. The van der Waals surface area contributed by atoms with Gasteiger partial charge in [0, 0.05) is 35.3 Å². The van der Waals surface area contributed by atoms with E-state index in [1.165, 1.54) is 12.0 Å².